The van der Waals surface area contributed by atoms with Crippen LogP contribution >= 0.6 is 0 Å². The maximum Gasteiger partial charge on any atom is 0.241 e. The zero-order valence-corrected chi connectivity index (χ0v) is 10.1. The molecule has 0 amide bonds. The number of hydrogen-bond donors (Lipinski definition) is 1. The van der Waals surface area contributed by atoms with E-state index in [9.17, 15) is 8.42 Å². The summed E-state index contributed by atoms with van der Waals surface area (Å²) in [7, 11) is -3.76. The van der Waals surface area contributed by atoms with E-state index >= 15 is 0 Å². The lowest BCUT2D eigenvalue weighted by Crippen LogP contribution is -2.13. The van der Waals surface area contributed by atoms with E-state index < -0.39 is 10.0 Å². The maximum absolute atomic E-state index is 11.3. The molecule has 2 heterocycles. The molecule has 0 saturated heterocycles. The van der Waals surface area contributed by atoms with Crippen LogP contribution in [0.3, 0.4) is 0 Å². The molecule has 0 aliphatic carbocycles. The van der Waals surface area contributed by atoms with Crippen LogP contribution in [-0.4, -0.2) is 28.2 Å². The Hall–Kier alpha value is -1.80. The third-order valence-corrected chi connectivity index (χ3v) is 3.29. The van der Waals surface area contributed by atoms with Crippen molar-refractivity contribution >= 4 is 10.0 Å². The summed E-state index contributed by atoms with van der Waals surface area (Å²) in [6, 6.07) is 1.70. The van der Waals surface area contributed by atoms with Gasteiger partial charge in [0.15, 0.2) is 5.82 Å². The van der Waals surface area contributed by atoms with Gasteiger partial charge in [0.2, 0.25) is 10.0 Å². The number of nitrogens with zero attached hydrogens (tertiary/aromatic N) is 4. The van der Waals surface area contributed by atoms with Gasteiger partial charge in [0.1, 0.15) is 11.2 Å². The second-order valence-electron chi connectivity index (χ2n) is 3.57. The Morgan fingerprint density at radius 1 is 1.29 bits per heavy atom. The van der Waals surface area contributed by atoms with E-state index in [1.807, 2.05) is 6.92 Å². The molecular formula is C9H11N5O2S. The molecule has 0 aliphatic heterocycles. The molecule has 0 spiro atoms. The van der Waals surface area contributed by atoms with Gasteiger partial charge in [0, 0.05) is 11.8 Å². The number of aryl methyl sites for hydroxylation is 1. The number of primary sulfonamides is 1. The van der Waals surface area contributed by atoms with E-state index in [-0.39, 0.29) is 4.90 Å². The van der Waals surface area contributed by atoms with Crippen molar-refractivity contribution in [3.05, 3.63) is 30.0 Å². The predicted octanol–water partition coefficient (Wildman–Crippen LogP) is -0.0735. The van der Waals surface area contributed by atoms with Crippen LogP contribution in [-0.2, 0) is 10.0 Å². The lowest BCUT2D eigenvalue weighted by Gasteiger charge is -2.03. The summed E-state index contributed by atoms with van der Waals surface area (Å²) in [5.74, 6) is 0.505. The standard InChI is InChI=1S/C9H11N5O2S/c1-6-3-9(12-5-11-6)14-7(2)8(4-13-14)17(10,15)16/h3-5H,1-2H3,(H2,10,15,16). The molecule has 2 N–H and O–H groups in total. The number of nitrogens with two attached hydrogens (primary N) is 1. The van der Waals surface area contributed by atoms with Crippen LogP contribution in [0.4, 0.5) is 0 Å². The van der Waals surface area contributed by atoms with Crippen molar-refractivity contribution in [3.8, 4) is 5.82 Å². The topological polar surface area (TPSA) is 104 Å². The molecule has 17 heavy (non-hydrogen) atoms. The average molecular weight is 253 g/mol. The quantitative estimate of drug-likeness (QED) is 0.806. The first-order valence-corrected chi connectivity index (χ1v) is 6.30. The summed E-state index contributed by atoms with van der Waals surface area (Å²) in [6.07, 6.45) is 2.60. The smallest absolute Gasteiger partial charge is 0.241 e. The number of rotatable bonds is 2. The zero-order valence-electron chi connectivity index (χ0n) is 9.32. The van der Waals surface area contributed by atoms with Crippen LogP contribution in [0.1, 0.15) is 11.4 Å². The van der Waals surface area contributed by atoms with E-state index in [2.05, 4.69) is 15.1 Å². The van der Waals surface area contributed by atoms with Gasteiger partial charge >= 0.3 is 0 Å². The summed E-state index contributed by atoms with van der Waals surface area (Å²) in [6.45, 7) is 3.43. The van der Waals surface area contributed by atoms with Crippen molar-refractivity contribution in [1.82, 2.24) is 19.7 Å². The summed E-state index contributed by atoms with van der Waals surface area (Å²) in [5.41, 5.74) is 1.19. The zero-order chi connectivity index (χ0) is 12.6. The van der Waals surface area contributed by atoms with Crippen molar-refractivity contribution in [3.63, 3.8) is 0 Å². The van der Waals surface area contributed by atoms with Crippen molar-refractivity contribution in [2.45, 2.75) is 18.7 Å². The minimum absolute atomic E-state index is 0.00577. The fourth-order valence-electron chi connectivity index (χ4n) is 1.46. The highest BCUT2D eigenvalue weighted by molar-refractivity contribution is 7.89. The summed E-state index contributed by atoms with van der Waals surface area (Å²) < 4.78 is 23.9. The molecule has 8 heteroatoms. The summed E-state index contributed by atoms with van der Waals surface area (Å²) in [5, 5.41) is 9.03. The van der Waals surface area contributed by atoms with Gasteiger partial charge in [0.05, 0.1) is 11.9 Å². The second-order valence-corrected chi connectivity index (χ2v) is 5.10. The monoisotopic (exact) mass is 253 g/mol. The molecule has 90 valence electrons. The fourth-order valence-corrected chi connectivity index (χ4v) is 2.15. The first-order valence-electron chi connectivity index (χ1n) is 4.76. The van der Waals surface area contributed by atoms with Gasteiger partial charge in [-0.1, -0.05) is 0 Å². The van der Waals surface area contributed by atoms with Gasteiger partial charge in [-0.05, 0) is 13.8 Å². The molecule has 7 nitrogen and oxygen atoms in total. The summed E-state index contributed by atoms with van der Waals surface area (Å²) >= 11 is 0. The Kier molecular flexibility index (Phi) is 2.68. The molecule has 0 fully saturated rings. The number of aromatic nitrogens is 4. The van der Waals surface area contributed by atoms with Crippen LogP contribution < -0.4 is 5.14 Å². The number of sulfonamides is 1. The fraction of sp³-hybridized carbons (Fsp3) is 0.222. The highest BCUT2D eigenvalue weighted by Gasteiger charge is 2.17. The predicted molar refractivity (Wildman–Crippen MR) is 60.0 cm³/mol. The van der Waals surface area contributed by atoms with E-state index in [0.717, 1.165) is 5.69 Å². The third-order valence-electron chi connectivity index (χ3n) is 2.28. The van der Waals surface area contributed by atoms with Gasteiger partial charge in [-0.25, -0.2) is 28.2 Å². The second kappa shape index (κ2) is 3.90. The van der Waals surface area contributed by atoms with Gasteiger partial charge in [0.25, 0.3) is 0 Å². The van der Waals surface area contributed by atoms with E-state index in [4.69, 9.17) is 5.14 Å². The largest absolute Gasteiger partial charge is 0.242 e. The maximum atomic E-state index is 11.3. The van der Waals surface area contributed by atoms with Crippen LogP contribution in [0.2, 0.25) is 0 Å². The molecule has 0 unspecified atom stereocenters. The minimum Gasteiger partial charge on any atom is -0.242 e. The average Bonchev–Trinajstić information content (AvgIpc) is 2.59. The molecule has 0 atom stereocenters. The van der Waals surface area contributed by atoms with Gasteiger partial charge in [-0.2, -0.15) is 5.10 Å². The lowest BCUT2D eigenvalue weighted by atomic mass is 10.4. The van der Waals surface area contributed by atoms with Crippen LogP contribution in [0.5, 0.6) is 0 Å². The molecule has 0 aliphatic rings. The molecule has 0 radical (unpaired) electrons. The number of hydrogen-bond acceptors (Lipinski definition) is 5. The molecule has 2 aromatic rings. The highest BCUT2D eigenvalue weighted by Crippen LogP contribution is 2.15. The molecular weight excluding hydrogens is 242 g/mol. The van der Waals surface area contributed by atoms with Crippen LogP contribution in [0, 0.1) is 13.8 Å². The molecule has 2 rings (SSSR count). The molecule has 0 aromatic carbocycles. The molecule has 0 saturated carbocycles. The lowest BCUT2D eigenvalue weighted by molar-refractivity contribution is 0.597. The molecule has 0 bridgehead atoms. The van der Waals surface area contributed by atoms with Crippen LogP contribution in [0.15, 0.2) is 23.5 Å². The first kappa shape index (κ1) is 11.7. The summed E-state index contributed by atoms with van der Waals surface area (Å²) in [4.78, 5) is 7.97. The first-order chi connectivity index (χ1) is 7.89. The Balaban J connectivity index is 2.60. The molecule has 2 aromatic heterocycles. The van der Waals surface area contributed by atoms with E-state index in [1.165, 1.54) is 17.2 Å². The Labute approximate surface area is 98.4 Å². The normalized spacial score (nSPS) is 11.7. The van der Waals surface area contributed by atoms with Crippen molar-refractivity contribution < 1.29 is 8.42 Å². The van der Waals surface area contributed by atoms with E-state index in [1.54, 1.807) is 13.0 Å². The van der Waals surface area contributed by atoms with Gasteiger partial charge < -0.3 is 0 Å². The van der Waals surface area contributed by atoms with Crippen molar-refractivity contribution in [2.24, 2.45) is 5.14 Å². The van der Waals surface area contributed by atoms with Crippen LogP contribution in [0.25, 0.3) is 5.82 Å². The Bertz CT molecular complexity index is 662. The Morgan fingerprint density at radius 2 is 2.00 bits per heavy atom. The SMILES string of the molecule is Cc1cc(-n2ncc(S(N)(=O)=O)c2C)ncn1. The minimum atomic E-state index is -3.76. The van der Waals surface area contributed by atoms with E-state index in [0.29, 0.717) is 11.5 Å². The van der Waals surface area contributed by atoms with Crippen molar-refractivity contribution in [2.75, 3.05) is 0 Å². The third kappa shape index (κ3) is 2.17. The Morgan fingerprint density at radius 3 is 2.53 bits per heavy atom. The van der Waals surface area contributed by atoms with Crippen molar-refractivity contribution in [1.29, 1.82) is 0 Å². The van der Waals surface area contributed by atoms with Gasteiger partial charge in [-0.15, -0.1) is 0 Å². The van der Waals surface area contributed by atoms with Gasteiger partial charge in [-0.3, -0.25) is 0 Å². The highest BCUT2D eigenvalue weighted by atomic mass is 32.2.